The van der Waals surface area contributed by atoms with E-state index in [2.05, 4.69) is 4.98 Å². The van der Waals surface area contributed by atoms with Crippen LogP contribution in [0.3, 0.4) is 0 Å². The fourth-order valence-corrected chi connectivity index (χ4v) is 2.28. The summed E-state index contributed by atoms with van der Waals surface area (Å²) in [7, 11) is 1.62. The lowest BCUT2D eigenvalue weighted by Crippen LogP contribution is -1.94. The van der Waals surface area contributed by atoms with Crippen LogP contribution in [0.15, 0.2) is 36.4 Å². The Labute approximate surface area is 104 Å². The molecule has 1 heterocycles. The summed E-state index contributed by atoms with van der Waals surface area (Å²) in [4.78, 5) is 14.9. The lowest BCUT2D eigenvalue weighted by Gasteiger charge is -2.04. The molecule has 3 nitrogen and oxygen atoms in total. The average molecular weight is 239 g/mol. The molecule has 0 fully saturated rings. The highest BCUT2D eigenvalue weighted by atomic mass is 16.5. The van der Waals surface area contributed by atoms with Gasteiger partial charge in [0.05, 0.1) is 12.6 Å². The molecule has 0 atom stereocenters. The van der Waals surface area contributed by atoms with Gasteiger partial charge in [0.1, 0.15) is 5.75 Å². The van der Waals surface area contributed by atoms with Crippen molar-refractivity contribution in [2.75, 3.05) is 7.11 Å². The van der Waals surface area contributed by atoms with Crippen molar-refractivity contribution in [2.45, 2.75) is 6.92 Å². The third-order valence-electron chi connectivity index (χ3n) is 3.21. The minimum atomic E-state index is 0.0421. The van der Waals surface area contributed by atoms with Gasteiger partial charge in [-0.2, -0.15) is 0 Å². The van der Waals surface area contributed by atoms with Gasteiger partial charge in [-0.05, 0) is 25.1 Å². The van der Waals surface area contributed by atoms with Gasteiger partial charge in [0.2, 0.25) is 0 Å². The predicted octanol–water partition coefficient (Wildman–Crippen LogP) is 3.53. The first-order valence-electron chi connectivity index (χ1n) is 5.80. The lowest BCUT2D eigenvalue weighted by molar-refractivity contribution is 0.101. The topological polar surface area (TPSA) is 42.1 Å². The second kappa shape index (κ2) is 3.88. The minimum absolute atomic E-state index is 0.0421. The number of ketones is 1. The summed E-state index contributed by atoms with van der Waals surface area (Å²) in [5.74, 6) is 0.745. The average Bonchev–Trinajstić information content (AvgIpc) is 2.76. The Bertz CT molecular complexity index is 756. The molecule has 0 amide bonds. The second-order valence-electron chi connectivity index (χ2n) is 4.33. The number of carbonyl (C=O) groups excluding carboxylic acids is 1. The smallest absolute Gasteiger partial charge is 0.159 e. The van der Waals surface area contributed by atoms with E-state index in [1.54, 1.807) is 20.1 Å². The van der Waals surface area contributed by atoms with E-state index in [9.17, 15) is 4.79 Å². The quantitative estimate of drug-likeness (QED) is 0.695. The van der Waals surface area contributed by atoms with Gasteiger partial charge in [0, 0.05) is 21.9 Å². The summed E-state index contributed by atoms with van der Waals surface area (Å²) in [6.07, 6.45) is 0. The van der Waals surface area contributed by atoms with Gasteiger partial charge in [0.15, 0.2) is 5.78 Å². The summed E-state index contributed by atoms with van der Waals surface area (Å²) in [5, 5.41) is 2.13. The zero-order chi connectivity index (χ0) is 12.7. The van der Waals surface area contributed by atoms with Gasteiger partial charge in [-0.15, -0.1) is 0 Å². The molecule has 1 N–H and O–H groups in total. The van der Waals surface area contributed by atoms with E-state index in [0.717, 1.165) is 21.8 Å². The van der Waals surface area contributed by atoms with Crippen LogP contribution in [0.1, 0.15) is 17.3 Å². The highest BCUT2D eigenvalue weighted by Crippen LogP contribution is 2.33. The van der Waals surface area contributed by atoms with Crippen LogP contribution < -0.4 is 4.74 Å². The SMILES string of the molecule is COc1cc(C(C)=O)cc2c1[nH]c1ccccc12. The number of hydrogen-bond acceptors (Lipinski definition) is 2. The number of hydrogen-bond donors (Lipinski definition) is 1. The largest absolute Gasteiger partial charge is 0.495 e. The van der Waals surface area contributed by atoms with E-state index in [-0.39, 0.29) is 5.78 Å². The van der Waals surface area contributed by atoms with Gasteiger partial charge in [-0.25, -0.2) is 0 Å². The molecule has 0 aliphatic carbocycles. The maximum Gasteiger partial charge on any atom is 0.159 e. The molecule has 0 radical (unpaired) electrons. The maximum atomic E-state index is 11.5. The van der Waals surface area contributed by atoms with Crippen molar-refractivity contribution in [3.63, 3.8) is 0 Å². The normalized spacial score (nSPS) is 11.0. The Morgan fingerprint density at radius 1 is 1.17 bits per heavy atom. The fraction of sp³-hybridized carbons (Fsp3) is 0.133. The molecule has 0 spiro atoms. The van der Waals surface area contributed by atoms with Gasteiger partial charge in [-0.3, -0.25) is 4.79 Å². The number of fused-ring (bicyclic) bond motifs is 3. The number of rotatable bonds is 2. The molecule has 0 bridgehead atoms. The van der Waals surface area contributed by atoms with Crippen molar-refractivity contribution >= 4 is 27.6 Å². The number of nitrogens with one attached hydrogen (secondary N) is 1. The zero-order valence-corrected chi connectivity index (χ0v) is 10.3. The minimum Gasteiger partial charge on any atom is -0.495 e. The first-order valence-corrected chi connectivity index (χ1v) is 5.80. The summed E-state index contributed by atoms with van der Waals surface area (Å²) >= 11 is 0. The van der Waals surface area contributed by atoms with Crippen molar-refractivity contribution in [1.82, 2.24) is 4.98 Å². The first kappa shape index (κ1) is 10.8. The maximum absolute atomic E-state index is 11.5. The molecule has 0 saturated carbocycles. The van der Waals surface area contributed by atoms with E-state index < -0.39 is 0 Å². The molecule has 90 valence electrons. The van der Waals surface area contributed by atoms with Crippen LogP contribution >= 0.6 is 0 Å². The highest BCUT2D eigenvalue weighted by molar-refractivity contribution is 6.12. The molecular weight excluding hydrogens is 226 g/mol. The van der Waals surface area contributed by atoms with E-state index in [1.165, 1.54) is 0 Å². The number of aromatic amines is 1. The molecule has 3 heteroatoms. The third-order valence-corrected chi connectivity index (χ3v) is 3.21. The second-order valence-corrected chi connectivity index (χ2v) is 4.33. The van der Waals surface area contributed by atoms with Gasteiger partial charge < -0.3 is 9.72 Å². The van der Waals surface area contributed by atoms with Crippen LogP contribution in [0.4, 0.5) is 0 Å². The Morgan fingerprint density at radius 3 is 2.67 bits per heavy atom. The standard InChI is InChI=1S/C15H13NO2/c1-9(17)10-7-12-11-5-3-4-6-13(11)16-15(12)14(8-10)18-2/h3-8,16H,1-2H3. The molecule has 2 aromatic carbocycles. The van der Waals surface area contributed by atoms with E-state index in [4.69, 9.17) is 4.74 Å². The zero-order valence-electron chi connectivity index (χ0n) is 10.3. The number of para-hydroxylation sites is 1. The van der Waals surface area contributed by atoms with Crippen molar-refractivity contribution in [3.8, 4) is 5.75 Å². The van der Waals surface area contributed by atoms with Crippen molar-refractivity contribution < 1.29 is 9.53 Å². The summed E-state index contributed by atoms with van der Waals surface area (Å²) in [6.45, 7) is 1.56. The molecule has 18 heavy (non-hydrogen) atoms. The molecule has 0 unspecified atom stereocenters. The summed E-state index contributed by atoms with van der Waals surface area (Å²) in [5.41, 5.74) is 2.65. The number of aromatic nitrogens is 1. The van der Waals surface area contributed by atoms with Gasteiger partial charge in [-0.1, -0.05) is 18.2 Å². The molecule has 0 saturated heterocycles. The van der Waals surface area contributed by atoms with Crippen LogP contribution in [0.2, 0.25) is 0 Å². The first-order chi connectivity index (χ1) is 8.70. The number of methoxy groups -OCH3 is 1. The van der Waals surface area contributed by atoms with Crippen LogP contribution in [-0.4, -0.2) is 17.9 Å². The van der Waals surface area contributed by atoms with Crippen LogP contribution in [0.5, 0.6) is 5.75 Å². The van der Waals surface area contributed by atoms with Crippen molar-refractivity contribution in [3.05, 3.63) is 42.0 Å². The summed E-state index contributed by atoms with van der Waals surface area (Å²) < 4.78 is 5.36. The van der Waals surface area contributed by atoms with E-state index >= 15 is 0 Å². The lowest BCUT2D eigenvalue weighted by atomic mass is 10.1. The number of ether oxygens (including phenoxy) is 1. The monoisotopic (exact) mass is 239 g/mol. The van der Waals surface area contributed by atoms with Crippen LogP contribution in [0, 0.1) is 0 Å². The van der Waals surface area contributed by atoms with Crippen molar-refractivity contribution in [2.24, 2.45) is 0 Å². The Hall–Kier alpha value is -2.29. The Balaban J connectivity index is 2.48. The molecule has 3 aromatic rings. The number of carbonyl (C=O) groups is 1. The van der Waals surface area contributed by atoms with Gasteiger partial charge in [0.25, 0.3) is 0 Å². The Morgan fingerprint density at radius 2 is 1.94 bits per heavy atom. The molecular formula is C15H13NO2. The third kappa shape index (κ3) is 1.48. The molecule has 1 aromatic heterocycles. The predicted molar refractivity (Wildman–Crippen MR) is 72.4 cm³/mol. The van der Waals surface area contributed by atoms with Crippen LogP contribution in [-0.2, 0) is 0 Å². The van der Waals surface area contributed by atoms with E-state index in [0.29, 0.717) is 11.3 Å². The number of benzene rings is 2. The molecule has 0 aliphatic heterocycles. The molecule has 3 rings (SSSR count). The Kier molecular flexibility index (Phi) is 2.33. The van der Waals surface area contributed by atoms with E-state index in [1.807, 2.05) is 30.3 Å². The highest BCUT2D eigenvalue weighted by Gasteiger charge is 2.12. The van der Waals surface area contributed by atoms with Crippen molar-refractivity contribution in [1.29, 1.82) is 0 Å². The number of Topliss-reactive ketones (excluding diaryl/α,β-unsaturated/α-hetero) is 1. The summed E-state index contributed by atoms with van der Waals surface area (Å²) in [6, 6.07) is 11.7. The number of H-pyrrole nitrogens is 1. The van der Waals surface area contributed by atoms with Gasteiger partial charge >= 0.3 is 0 Å². The fourth-order valence-electron chi connectivity index (χ4n) is 2.28. The van der Waals surface area contributed by atoms with Crippen LogP contribution in [0.25, 0.3) is 21.8 Å². The molecule has 0 aliphatic rings.